The van der Waals surface area contributed by atoms with Crippen LogP contribution in [0.2, 0.25) is 0 Å². The quantitative estimate of drug-likeness (QED) is 0.811. The Morgan fingerprint density at radius 1 is 1.39 bits per heavy atom. The molecule has 126 valence electrons. The lowest BCUT2D eigenvalue weighted by Gasteiger charge is -2.37. The number of rotatable bonds is 6. The summed E-state index contributed by atoms with van der Waals surface area (Å²) < 4.78 is 0. The van der Waals surface area contributed by atoms with Crippen LogP contribution in [0.5, 0.6) is 0 Å². The number of likely N-dealkylation sites (N-methyl/N-ethyl adjacent to an activating group) is 1. The number of amides is 2. The van der Waals surface area contributed by atoms with Gasteiger partial charge in [0.1, 0.15) is 0 Å². The molecule has 0 radical (unpaired) electrons. The monoisotopic (exact) mass is 318 g/mol. The number of carbonyl (C=O) groups excluding carboxylic acids is 2. The third kappa shape index (κ3) is 4.07. The Bertz CT molecular complexity index is 545. The average molecular weight is 318 g/mol. The van der Waals surface area contributed by atoms with Crippen molar-refractivity contribution in [2.45, 2.75) is 44.7 Å². The topological polar surface area (TPSA) is 74.3 Å². The van der Waals surface area contributed by atoms with Crippen molar-refractivity contribution in [2.24, 2.45) is 0 Å². The molecule has 2 rings (SSSR count). The van der Waals surface area contributed by atoms with E-state index in [2.05, 4.69) is 15.6 Å². The number of nitrogens with one attached hydrogen (secondary N) is 2. The summed E-state index contributed by atoms with van der Waals surface area (Å²) in [4.78, 5) is 30.8. The summed E-state index contributed by atoms with van der Waals surface area (Å²) in [7, 11) is 1.63. The van der Waals surface area contributed by atoms with E-state index >= 15 is 0 Å². The van der Waals surface area contributed by atoms with E-state index in [0.29, 0.717) is 13.0 Å². The van der Waals surface area contributed by atoms with Gasteiger partial charge in [0.25, 0.3) is 0 Å². The Morgan fingerprint density at radius 3 is 2.83 bits per heavy atom. The number of pyridine rings is 1. The SMILES string of the molecule is CNC(=O)C(C)(C)N1CCC[C@H]1C(=O)NCCc1ccccn1. The third-order valence-corrected chi connectivity index (χ3v) is 4.46. The summed E-state index contributed by atoms with van der Waals surface area (Å²) in [6, 6.07) is 5.52. The molecular formula is C17H26N4O2. The Labute approximate surface area is 137 Å². The van der Waals surface area contributed by atoms with Gasteiger partial charge in [0, 0.05) is 38.4 Å². The molecule has 1 aromatic heterocycles. The van der Waals surface area contributed by atoms with Gasteiger partial charge >= 0.3 is 0 Å². The van der Waals surface area contributed by atoms with Crippen LogP contribution in [0.15, 0.2) is 24.4 Å². The van der Waals surface area contributed by atoms with Crippen LogP contribution in [0.25, 0.3) is 0 Å². The number of hydrogen-bond acceptors (Lipinski definition) is 4. The molecule has 2 amide bonds. The molecule has 6 heteroatoms. The first-order valence-electron chi connectivity index (χ1n) is 8.13. The first-order valence-corrected chi connectivity index (χ1v) is 8.13. The molecule has 0 saturated carbocycles. The van der Waals surface area contributed by atoms with Crippen molar-refractivity contribution in [3.05, 3.63) is 30.1 Å². The van der Waals surface area contributed by atoms with E-state index in [1.54, 1.807) is 13.2 Å². The molecule has 0 aliphatic carbocycles. The lowest BCUT2D eigenvalue weighted by molar-refractivity contribution is -0.135. The van der Waals surface area contributed by atoms with E-state index in [-0.39, 0.29) is 17.9 Å². The van der Waals surface area contributed by atoms with Gasteiger partial charge < -0.3 is 10.6 Å². The van der Waals surface area contributed by atoms with Crippen molar-refractivity contribution in [3.8, 4) is 0 Å². The Hall–Kier alpha value is -1.95. The molecule has 1 atom stereocenters. The third-order valence-electron chi connectivity index (χ3n) is 4.46. The second-order valence-corrected chi connectivity index (χ2v) is 6.35. The van der Waals surface area contributed by atoms with E-state index in [4.69, 9.17) is 0 Å². The largest absolute Gasteiger partial charge is 0.358 e. The smallest absolute Gasteiger partial charge is 0.239 e. The van der Waals surface area contributed by atoms with Gasteiger partial charge in [0.15, 0.2) is 0 Å². The molecule has 1 aromatic rings. The van der Waals surface area contributed by atoms with Crippen LogP contribution in [-0.2, 0) is 16.0 Å². The first-order chi connectivity index (χ1) is 11.0. The van der Waals surface area contributed by atoms with Crippen molar-refractivity contribution < 1.29 is 9.59 Å². The zero-order chi connectivity index (χ0) is 16.9. The summed E-state index contributed by atoms with van der Waals surface area (Å²) in [5.74, 6) is -0.0684. The molecule has 0 spiro atoms. The summed E-state index contributed by atoms with van der Waals surface area (Å²) in [6.45, 7) is 5.05. The normalized spacial score (nSPS) is 18.7. The molecular weight excluding hydrogens is 292 g/mol. The highest BCUT2D eigenvalue weighted by molar-refractivity contribution is 5.87. The summed E-state index contributed by atoms with van der Waals surface area (Å²) in [6.07, 6.45) is 4.18. The van der Waals surface area contributed by atoms with Crippen molar-refractivity contribution in [2.75, 3.05) is 20.1 Å². The molecule has 1 fully saturated rings. The fourth-order valence-corrected chi connectivity index (χ4v) is 3.12. The highest BCUT2D eigenvalue weighted by atomic mass is 16.2. The molecule has 1 aliphatic heterocycles. The Morgan fingerprint density at radius 2 is 2.17 bits per heavy atom. The van der Waals surface area contributed by atoms with E-state index in [1.807, 2.05) is 36.9 Å². The van der Waals surface area contributed by atoms with Gasteiger partial charge in [-0.2, -0.15) is 0 Å². The first kappa shape index (κ1) is 17.4. The van der Waals surface area contributed by atoms with Crippen molar-refractivity contribution in [3.63, 3.8) is 0 Å². The fourth-order valence-electron chi connectivity index (χ4n) is 3.12. The number of carbonyl (C=O) groups is 2. The predicted molar refractivity (Wildman–Crippen MR) is 88.8 cm³/mol. The lowest BCUT2D eigenvalue weighted by Crippen LogP contribution is -2.59. The van der Waals surface area contributed by atoms with Crippen LogP contribution >= 0.6 is 0 Å². The lowest BCUT2D eigenvalue weighted by atomic mass is 10.00. The highest BCUT2D eigenvalue weighted by Crippen LogP contribution is 2.27. The minimum atomic E-state index is -0.686. The molecule has 1 aliphatic rings. The van der Waals surface area contributed by atoms with Gasteiger partial charge in [-0.25, -0.2) is 0 Å². The number of likely N-dealkylation sites (tertiary alicyclic amines) is 1. The highest BCUT2D eigenvalue weighted by Gasteiger charge is 2.43. The number of nitrogens with zero attached hydrogens (tertiary/aromatic N) is 2. The van der Waals surface area contributed by atoms with Gasteiger partial charge in [-0.1, -0.05) is 6.07 Å². The maximum atomic E-state index is 12.5. The molecule has 6 nitrogen and oxygen atoms in total. The van der Waals surface area contributed by atoms with Crippen LogP contribution < -0.4 is 10.6 Å². The minimum absolute atomic E-state index is 0.00425. The molecule has 0 unspecified atom stereocenters. The molecule has 1 saturated heterocycles. The minimum Gasteiger partial charge on any atom is -0.358 e. The van der Waals surface area contributed by atoms with Gasteiger partial charge in [0.2, 0.25) is 11.8 Å². The van der Waals surface area contributed by atoms with Crippen molar-refractivity contribution >= 4 is 11.8 Å². The molecule has 23 heavy (non-hydrogen) atoms. The second-order valence-electron chi connectivity index (χ2n) is 6.35. The maximum Gasteiger partial charge on any atom is 0.239 e. The molecule has 2 heterocycles. The van der Waals surface area contributed by atoms with Gasteiger partial charge in [-0.05, 0) is 38.8 Å². The van der Waals surface area contributed by atoms with Crippen molar-refractivity contribution in [1.82, 2.24) is 20.5 Å². The standard InChI is InChI=1S/C17H26N4O2/c1-17(2,16(23)18-3)21-12-6-8-14(21)15(22)20-11-9-13-7-4-5-10-19-13/h4-5,7,10,14H,6,8-9,11-12H2,1-3H3,(H,18,23)(H,20,22)/t14-/m0/s1. The van der Waals surface area contributed by atoms with Crippen LogP contribution in [0.1, 0.15) is 32.4 Å². The fraction of sp³-hybridized carbons (Fsp3) is 0.588. The Kier molecular flexibility index (Phi) is 5.71. The second kappa shape index (κ2) is 7.55. The summed E-state index contributed by atoms with van der Waals surface area (Å²) >= 11 is 0. The molecule has 0 bridgehead atoms. The number of aromatic nitrogens is 1. The average Bonchev–Trinajstić information content (AvgIpc) is 3.05. The van der Waals surface area contributed by atoms with E-state index in [0.717, 1.165) is 25.1 Å². The maximum absolute atomic E-state index is 12.5. The van der Waals surface area contributed by atoms with Crippen LogP contribution in [0.3, 0.4) is 0 Å². The predicted octanol–water partition coefficient (Wildman–Crippen LogP) is 0.729. The van der Waals surface area contributed by atoms with Crippen LogP contribution in [-0.4, -0.2) is 53.4 Å². The van der Waals surface area contributed by atoms with Crippen molar-refractivity contribution in [1.29, 1.82) is 0 Å². The number of hydrogen-bond donors (Lipinski definition) is 2. The van der Waals surface area contributed by atoms with Crippen LogP contribution in [0.4, 0.5) is 0 Å². The molecule has 2 N–H and O–H groups in total. The zero-order valence-electron chi connectivity index (χ0n) is 14.1. The summed E-state index contributed by atoms with van der Waals surface area (Å²) in [5.41, 5.74) is 0.274. The van der Waals surface area contributed by atoms with E-state index in [1.165, 1.54) is 0 Å². The van der Waals surface area contributed by atoms with Gasteiger partial charge in [-0.15, -0.1) is 0 Å². The van der Waals surface area contributed by atoms with Crippen LogP contribution in [0, 0.1) is 0 Å². The van der Waals surface area contributed by atoms with Gasteiger partial charge in [-0.3, -0.25) is 19.5 Å². The molecule has 0 aromatic carbocycles. The Balaban J connectivity index is 1.91. The van der Waals surface area contributed by atoms with E-state index < -0.39 is 5.54 Å². The summed E-state index contributed by atoms with van der Waals surface area (Å²) in [5, 5.41) is 5.67. The van der Waals surface area contributed by atoms with Gasteiger partial charge in [0.05, 0.1) is 11.6 Å². The van der Waals surface area contributed by atoms with E-state index in [9.17, 15) is 9.59 Å². The zero-order valence-corrected chi connectivity index (χ0v) is 14.1.